The lowest BCUT2D eigenvalue weighted by atomic mass is 9.82. The van der Waals surface area contributed by atoms with Gasteiger partial charge in [-0.15, -0.1) is 0 Å². The Hall–Kier alpha value is -4.97. The number of carbonyl (C=O) groups excluding carboxylic acids is 5. The Morgan fingerprint density at radius 2 is 1.38 bits per heavy atom. The molecule has 1 aromatic carbocycles. The first-order chi connectivity index (χ1) is 23.5. The van der Waals surface area contributed by atoms with Crippen molar-refractivity contribution < 1.29 is 49.5 Å². The molecule has 6 N–H and O–H groups in total. The van der Waals surface area contributed by atoms with Crippen LogP contribution in [0.5, 0.6) is 5.75 Å². The number of hydrogen-bond acceptors (Lipinski definition) is 10. The van der Waals surface area contributed by atoms with E-state index in [1.54, 1.807) is 58.1 Å². The summed E-state index contributed by atoms with van der Waals surface area (Å²) in [7, 11) is 0. The monoisotopic (exact) mass is 687 g/mol. The predicted octanol–water partition coefficient (Wildman–Crippen LogP) is 4.46. The normalized spacial score (nSPS) is 31.3. The zero-order valence-electron chi connectivity index (χ0n) is 29.0. The molecule has 11 nitrogen and oxygen atoms in total. The number of aromatic hydroxyl groups is 1. The molecule has 0 radical (unpaired) electrons. The third-order valence-corrected chi connectivity index (χ3v) is 8.81. The van der Waals surface area contributed by atoms with Crippen LogP contribution < -0.4 is 5.32 Å². The van der Waals surface area contributed by atoms with Crippen LogP contribution in [-0.2, 0) is 14.4 Å². The van der Waals surface area contributed by atoms with Crippen LogP contribution in [-0.4, -0.2) is 72.9 Å². The number of ketones is 4. The van der Waals surface area contributed by atoms with Crippen molar-refractivity contribution in [3.63, 3.8) is 0 Å². The molecule has 1 aromatic rings. The summed E-state index contributed by atoms with van der Waals surface area (Å²) in [5, 5.41) is 56.2. The maximum Gasteiger partial charge on any atom is 0.253 e. The molecule has 0 fully saturated rings. The van der Waals surface area contributed by atoms with Gasteiger partial charge in [-0.25, -0.2) is 0 Å². The van der Waals surface area contributed by atoms with E-state index in [2.05, 4.69) is 5.32 Å². The molecule has 3 aliphatic rings. The van der Waals surface area contributed by atoms with E-state index in [0.717, 1.165) is 6.08 Å². The zero-order valence-corrected chi connectivity index (χ0v) is 29.0. The van der Waals surface area contributed by atoms with Crippen molar-refractivity contribution in [2.24, 2.45) is 17.8 Å². The first kappa shape index (κ1) is 39.5. The topological polar surface area (TPSA) is 199 Å². The summed E-state index contributed by atoms with van der Waals surface area (Å²) in [5.41, 5.74) is -1.36. The summed E-state index contributed by atoms with van der Waals surface area (Å²) < 4.78 is 0. The van der Waals surface area contributed by atoms with Gasteiger partial charge in [0.1, 0.15) is 11.4 Å². The second-order valence-corrected chi connectivity index (χ2v) is 12.9. The lowest BCUT2D eigenvalue weighted by molar-refractivity contribution is -0.118. The van der Waals surface area contributed by atoms with Gasteiger partial charge < -0.3 is 30.8 Å². The average Bonchev–Trinajstić information content (AvgIpc) is 3.07. The van der Waals surface area contributed by atoms with Gasteiger partial charge in [-0.05, 0) is 50.0 Å². The van der Waals surface area contributed by atoms with Gasteiger partial charge in [-0.3, -0.25) is 24.0 Å². The van der Waals surface area contributed by atoms with Crippen LogP contribution >= 0.6 is 0 Å². The van der Waals surface area contributed by atoms with Gasteiger partial charge >= 0.3 is 0 Å². The van der Waals surface area contributed by atoms with Crippen LogP contribution in [0.3, 0.4) is 0 Å². The van der Waals surface area contributed by atoms with Gasteiger partial charge in [0, 0.05) is 35.8 Å². The molecule has 6 atom stereocenters. The minimum absolute atomic E-state index is 0.0421. The molecule has 266 valence electrons. The van der Waals surface area contributed by atoms with Gasteiger partial charge in [0.05, 0.1) is 29.4 Å². The minimum Gasteiger partial charge on any atom is -0.507 e. The van der Waals surface area contributed by atoms with Crippen molar-refractivity contribution in [3.8, 4) is 5.75 Å². The maximum atomic E-state index is 13.7. The second kappa shape index (κ2) is 17.1. The summed E-state index contributed by atoms with van der Waals surface area (Å²) in [6, 6.07) is 1.23. The van der Waals surface area contributed by atoms with Crippen LogP contribution in [0.1, 0.15) is 79.3 Å². The zero-order chi connectivity index (χ0) is 37.4. The molecule has 1 aliphatic carbocycles. The molecular formula is C39H45NO10. The van der Waals surface area contributed by atoms with Crippen molar-refractivity contribution in [2.75, 3.05) is 0 Å². The quantitative estimate of drug-likeness (QED) is 0.167. The fourth-order valence-corrected chi connectivity index (χ4v) is 5.53. The van der Waals surface area contributed by atoms with E-state index in [9.17, 15) is 49.5 Å². The Kier molecular flexibility index (Phi) is 13.5. The van der Waals surface area contributed by atoms with Crippen LogP contribution in [0.15, 0.2) is 83.7 Å². The number of Topliss-reactive ketones (excluding diaryl/α,β-unsaturated/α-hetero) is 4. The number of fused-ring (bicyclic) bond motifs is 18. The molecule has 0 saturated carbocycles. The molecule has 0 saturated heterocycles. The number of allylic oxidation sites excluding steroid dienone is 7. The molecule has 2 aliphatic heterocycles. The molecular weight excluding hydrogens is 642 g/mol. The highest BCUT2D eigenvalue weighted by atomic mass is 16.3. The van der Waals surface area contributed by atoms with E-state index >= 15 is 0 Å². The van der Waals surface area contributed by atoms with E-state index in [1.807, 2.05) is 0 Å². The number of aryl methyl sites for hydroxylation is 1. The van der Waals surface area contributed by atoms with Gasteiger partial charge in [-0.1, -0.05) is 75.5 Å². The summed E-state index contributed by atoms with van der Waals surface area (Å²) in [5.74, 6) is -7.27. The molecule has 6 unspecified atom stereocenters. The Labute approximate surface area is 291 Å². The summed E-state index contributed by atoms with van der Waals surface area (Å²) in [6.07, 6.45) is 11.9. The number of carbonyl (C=O) groups is 5. The third kappa shape index (κ3) is 9.38. The SMILES string of the molecule is C/C1=C\CC(O)/C=C/C(C)C(O)C(C)/C=C(\C)C(=O)c2c(O)c(C)cc3c2C(=O)C(=O)C(=C3O)NC(=O)\C=C/C=C\C=C\C(C)C(O)CC1=O. The number of phenolic OH excluding ortho intramolecular Hbond substituents is 1. The summed E-state index contributed by atoms with van der Waals surface area (Å²) in [6.45, 7) is 9.57. The molecule has 4 rings (SSSR count). The summed E-state index contributed by atoms with van der Waals surface area (Å²) in [4.78, 5) is 65.5. The molecule has 2 heterocycles. The Balaban J connectivity index is 2.07. The van der Waals surface area contributed by atoms with E-state index < -0.39 is 87.7 Å². The molecule has 11 heteroatoms. The van der Waals surface area contributed by atoms with Gasteiger partial charge in [-0.2, -0.15) is 0 Å². The van der Waals surface area contributed by atoms with Crippen molar-refractivity contribution in [2.45, 2.75) is 72.7 Å². The van der Waals surface area contributed by atoms with E-state index in [1.165, 1.54) is 44.2 Å². The van der Waals surface area contributed by atoms with E-state index in [-0.39, 0.29) is 35.3 Å². The number of aliphatic hydroxyl groups is 4. The Morgan fingerprint density at radius 1 is 0.720 bits per heavy atom. The number of benzene rings is 1. The third-order valence-electron chi connectivity index (χ3n) is 8.81. The van der Waals surface area contributed by atoms with E-state index in [4.69, 9.17) is 0 Å². The predicted molar refractivity (Wildman–Crippen MR) is 188 cm³/mol. The Morgan fingerprint density at radius 3 is 2.06 bits per heavy atom. The highest BCUT2D eigenvalue weighted by Gasteiger charge is 2.39. The maximum absolute atomic E-state index is 13.7. The van der Waals surface area contributed by atoms with Gasteiger partial charge in [0.15, 0.2) is 17.3 Å². The first-order valence-corrected chi connectivity index (χ1v) is 16.3. The Bertz CT molecular complexity index is 1770. The van der Waals surface area contributed by atoms with Crippen LogP contribution in [0.4, 0.5) is 0 Å². The molecule has 4 bridgehead atoms. The summed E-state index contributed by atoms with van der Waals surface area (Å²) >= 11 is 0. The fourth-order valence-electron chi connectivity index (χ4n) is 5.53. The van der Waals surface area contributed by atoms with Crippen molar-refractivity contribution in [1.82, 2.24) is 5.32 Å². The van der Waals surface area contributed by atoms with Crippen molar-refractivity contribution >= 4 is 34.8 Å². The van der Waals surface area contributed by atoms with Crippen LogP contribution in [0.25, 0.3) is 5.76 Å². The first-order valence-electron chi connectivity index (χ1n) is 16.3. The smallest absolute Gasteiger partial charge is 0.253 e. The van der Waals surface area contributed by atoms with Gasteiger partial charge in [0.2, 0.25) is 11.7 Å². The highest BCUT2D eigenvalue weighted by molar-refractivity contribution is 6.53. The minimum atomic E-state index is -1.29. The second-order valence-electron chi connectivity index (χ2n) is 12.9. The molecule has 1 amide bonds. The highest BCUT2D eigenvalue weighted by Crippen LogP contribution is 2.37. The number of phenols is 1. The lowest BCUT2D eigenvalue weighted by Gasteiger charge is -2.23. The fraction of sp³-hybridized carbons (Fsp3) is 0.359. The standard InChI is InChI=1S/C39H45NO10/c1-20-11-9-7-8-10-12-30(44)40-33-37(48)27-18-25(6)36(47)32(31(27)38(49)39(33)50)35(46)24(5)17-23(4)34(45)22(3)14-16-26(41)15-13-21(2)29(43)19-28(20)42/h7-14,16-18,20,22-23,26,28,34,41-42,45,47-48H,15,19H2,1-6H3,(H,40,44)/b8-7-,11-9+,12-10-,16-14+,21-13+,24-17+. The number of aliphatic hydroxyl groups excluding tert-OH is 4. The molecule has 0 aromatic heterocycles. The number of nitrogens with one attached hydrogen (secondary N) is 1. The van der Waals surface area contributed by atoms with Crippen LogP contribution in [0, 0.1) is 24.7 Å². The van der Waals surface area contributed by atoms with E-state index in [0.29, 0.717) is 5.57 Å². The average molecular weight is 688 g/mol. The number of hydrogen-bond donors (Lipinski definition) is 6. The lowest BCUT2D eigenvalue weighted by Crippen LogP contribution is -2.35. The largest absolute Gasteiger partial charge is 0.507 e. The van der Waals surface area contributed by atoms with Crippen molar-refractivity contribution in [1.29, 1.82) is 0 Å². The molecule has 0 spiro atoms. The van der Waals surface area contributed by atoms with Gasteiger partial charge in [0.25, 0.3) is 5.78 Å². The van der Waals surface area contributed by atoms with Crippen LogP contribution in [0.2, 0.25) is 0 Å². The number of rotatable bonds is 0. The number of amides is 1. The molecule has 50 heavy (non-hydrogen) atoms. The van der Waals surface area contributed by atoms with Crippen molar-refractivity contribution in [3.05, 3.63) is 106 Å².